The summed E-state index contributed by atoms with van der Waals surface area (Å²) in [5, 5.41) is 14.5. The third kappa shape index (κ3) is 7.84. The van der Waals surface area contributed by atoms with Gasteiger partial charge in [0.05, 0.1) is 18.6 Å². The summed E-state index contributed by atoms with van der Waals surface area (Å²) in [5.74, 6) is -2.59. The number of carboxylic acid groups (broad SMARTS) is 1. The van der Waals surface area contributed by atoms with Crippen LogP contribution < -0.4 is 10.6 Å². The molecule has 0 saturated heterocycles. The molecule has 0 bridgehead atoms. The van der Waals surface area contributed by atoms with Crippen molar-refractivity contribution < 1.29 is 33.8 Å². The Morgan fingerprint density at radius 1 is 0.977 bits per heavy atom. The van der Waals surface area contributed by atoms with E-state index in [9.17, 15) is 24.3 Å². The normalized spacial score (nSPS) is 15.6. The van der Waals surface area contributed by atoms with E-state index in [1.807, 2.05) is 81.1 Å². The number of carboxylic acids is 1. The van der Waals surface area contributed by atoms with E-state index in [-0.39, 0.29) is 30.8 Å². The summed E-state index contributed by atoms with van der Waals surface area (Å²) < 4.78 is 11.2. The number of imide groups is 1. The highest BCUT2D eigenvalue weighted by molar-refractivity contribution is 6.02. The number of ether oxygens (including phenoxy) is 2. The summed E-state index contributed by atoms with van der Waals surface area (Å²) in [6, 6.07) is 14.8. The Morgan fingerprint density at radius 2 is 1.52 bits per heavy atom. The second-order valence-electron chi connectivity index (χ2n) is 12.5. The predicted octanol–water partition coefficient (Wildman–Crippen LogP) is 4.81. The van der Waals surface area contributed by atoms with E-state index < -0.39 is 47.6 Å². The van der Waals surface area contributed by atoms with E-state index in [1.54, 1.807) is 7.05 Å². The molecule has 0 aromatic heterocycles. The van der Waals surface area contributed by atoms with Crippen LogP contribution in [0.4, 0.5) is 4.79 Å². The molecule has 0 heterocycles. The van der Waals surface area contributed by atoms with Crippen LogP contribution in [0, 0.1) is 11.8 Å². The Bertz CT molecular complexity index is 1300. The molecule has 2 aromatic rings. The molecular formula is C34H47N3O7. The minimum absolute atomic E-state index is 0.000674. The first-order valence-corrected chi connectivity index (χ1v) is 15.2. The van der Waals surface area contributed by atoms with Crippen LogP contribution >= 0.6 is 0 Å². The molecule has 1 aliphatic rings. The van der Waals surface area contributed by atoms with Gasteiger partial charge in [0.25, 0.3) is 5.91 Å². The van der Waals surface area contributed by atoms with Gasteiger partial charge in [-0.1, -0.05) is 82.6 Å². The van der Waals surface area contributed by atoms with Crippen molar-refractivity contribution in [2.75, 3.05) is 20.8 Å². The Morgan fingerprint density at radius 3 is 2.00 bits per heavy atom. The molecule has 240 valence electrons. The zero-order valence-electron chi connectivity index (χ0n) is 27.0. The molecule has 0 fully saturated rings. The molecule has 3 amide bonds. The standard InChI is InChI=1S/C34H47N3O7/c1-9-21(4)30(27(43-8)18-28(38)39)37(7)29(20(2)3)31(40)35-32(41)34(5,6)36-33(42)44-19-26-24-16-12-10-14-22(24)23-15-11-13-17-25(23)26/h10-17,20-21,26-27,29-30H,9,18-19H2,1-8H3,(H,36,42)(H,38,39)(H,35,40,41)/t21-,27+,29-,30-/m0/s1. The number of hydrogen-bond acceptors (Lipinski definition) is 7. The van der Waals surface area contributed by atoms with Gasteiger partial charge in [-0.25, -0.2) is 4.79 Å². The van der Waals surface area contributed by atoms with Crippen LogP contribution in [0.2, 0.25) is 0 Å². The Hall–Kier alpha value is -3.76. The van der Waals surface area contributed by atoms with Crippen molar-refractivity contribution in [3.63, 3.8) is 0 Å². The number of hydrogen-bond donors (Lipinski definition) is 3. The Balaban J connectivity index is 1.68. The molecule has 0 radical (unpaired) electrons. The largest absolute Gasteiger partial charge is 0.481 e. The SMILES string of the molecule is CC[C@H](C)[C@@H]([C@@H](CC(=O)O)OC)N(C)[C@H](C(=O)NC(=O)C(C)(C)NC(=O)OCC1c2ccccc2-c2ccccc21)C(C)C. The number of likely N-dealkylation sites (N-methyl/N-ethyl adjacent to an activating group) is 1. The lowest BCUT2D eigenvalue weighted by Crippen LogP contribution is -2.61. The van der Waals surface area contributed by atoms with Gasteiger partial charge < -0.3 is 19.9 Å². The summed E-state index contributed by atoms with van der Waals surface area (Å²) >= 11 is 0. The fraction of sp³-hybridized carbons (Fsp3) is 0.529. The lowest BCUT2D eigenvalue weighted by Gasteiger charge is -2.42. The number of alkyl carbamates (subject to hydrolysis) is 1. The number of carbonyl (C=O) groups is 4. The van der Waals surface area contributed by atoms with Gasteiger partial charge >= 0.3 is 12.1 Å². The van der Waals surface area contributed by atoms with E-state index in [0.29, 0.717) is 0 Å². The van der Waals surface area contributed by atoms with Gasteiger partial charge in [-0.15, -0.1) is 0 Å². The van der Waals surface area contributed by atoms with Crippen molar-refractivity contribution in [2.24, 2.45) is 11.8 Å². The molecule has 44 heavy (non-hydrogen) atoms. The van der Waals surface area contributed by atoms with Crippen LogP contribution in [-0.4, -0.2) is 78.4 Å². The quantitative estimate of drug-likeness (QED) is 0.278. The molecule has 0 saturated carbocycles. The number of nitrogens with one attached hydrogen (secondary N) is 2. The third-order valence-electron chi connectivity index (χ3n) is 8.66. The maximum absolute atomic E-state index is 13.6. The average molecular weight is 610 g/mol. The molecular weight excluding hydrogens is 562 g/mol. The van der Waals surface area contributed by atoms with Crippen LogP contribution in [0.25, 0.3) is 11.1 Å². The minimum atomic E-state index is -1.47. The molecule has 0 spiro atoms. The van der Waals surface area contributed by atoms with E-state index in [1.165, 1.54) is 21.0 Å². The van der Waals surface area contributed by atoms with Gasteiger partial charge in [0.15, 0.2) is 0 Å². The van der Waals surface area contributed by atoms with Crippen LogP contribution in [-0.2, 0) is 23.9 Å². The molecule has 0 aliphatic heterocycles. The van der Waals surface area contributed by atoms with Crippen molar-refractivity contribution in [3.8, 4) is 11.1 Å². The van der Waals surface area contributed by atoms with Gasteiger partial charge in [-0.2, -0.15) is 0 Å². The lowest BCUT2D eigenvalue weighted by atomic mass is 9.88. The zero-order chi connectivity index (χ0) is 32.8. The zero-order valence-corrected chi connectivity index (χ0v) is 27.0. The fourth-order valence-corrected chi connectivity index (χ4v) is 6.22. The number of aliphatic carboxylic acids is 1. The Kier molecular flexibility index (Phi) is 11.7. The summed E-state index contributed by atoms with van der Waals surface area (Å²) in [7, 11) is 3.21. The summed E-state index contributed by atoms with van der Waals surface area (Å²) in [4.78, 5) is 53.2. The maximum atomic E-state index is 13.6. The molecule has 10 heteroatoms. The van der Waals surface area contributed by atoms with E-state index in [2.05, 4.69) is 10.6 Å². The molecule has 2 aromatic carbocycles. The van der Waals surface area contributed by atoms with Gasteiger partial charge in [0, 0.05) is 19.1 Å². The van der Waals surface area contributed by atoms with Gasteiger partial charge in [-0.05, 0) is 55.0 Å². The topological polar surface area (TPSA) is 134 Å². The van der Waals surface area contributed by atoms with Crippen LogP contribution in [0.1, 0.15) is 71.4 Å². The van der Waals surface area contributed by atoms with Gasteiger partial charge in [-0.3, -0.25) is 24.6 Å². The smallest absolute Gasteiger partial charge is 0.408 e. The first-order valence-electron chi connectivity index (χ1n) is 15.2. The number of rotatable bonds is 14. The van der Waals surface area contributed by atoms with E-state index >= 15 is 0 Å². The fourth-order valence-electron chi connectivity index (χ4n) is 6.22. The number of benzene rings is 2. The van der Waals surface area contributed by atoms with E-state index in [4.69, 9.17) is 9.47 Å². The first kappa shape index (κ1) is 34.7. The molecule has 1 aliphatic carbocycles. The van der Waals surface area contributed by atoms with Crippen LogP contribution in [0.5, 0.6) is 0 Å². The number of carbonyl (C=O) groups excluding carboxylic acids is 3. The van der Waals surface area contributed by atoms with Crippen molar-refractivity contribution >= 4 is 23.9 Å². The number of fused-ring (bicyclic) bond motifs is 3. The van der Waals surface area contributed by atoms with Crippen LogP contribution in [0.3, 0.4) is 0 Å². The molecule has 4 atom stereocenters. The summed E-state index contributed by atoms with van der Waals surface area (Å²) in [6.45, 7) is 10.8. The highest BCUT2D eigenvalue weighted by Gasteiger charge is 2.40. The summed E-state index contributed by atoms with van der Waals surface area (Å²) in [6.07, 6.45) is -0.927. The highest BCUT2D eigenvalue weighted by Crippen LogP contribution is 2.44. The number of methoxy groups -OCH3 is 1. The Labute approximate surface area is 260 Å². The third-order valence-corrected chi connectivity index (χ3v) is 8.66. The second kappa shape index (κ2) is 14.8. The second-order valence-corrected chi connectivity index (χ2v) is 12.5. The van der Waals surface area contributed by atoms with Crippen molar-refractivity contribution in [1.82, 2.24) is 15.5 Å². The first-order chi connectivity index (χ1) is 20.7. The molecule has 3 rings (SSSR count). The number of nitrogens with zero attached hydrogens (tertiary/aromatic N) is 1. The van der Waals surface area contributed by atoms with Gasteiger partial charge in [0.1, 0.15) is 12.1 Å². The monoisotopic (exact) mass is 609 g/mol. The predicted molar refractivity (Wildman–Crippen MR) is 168 cm³/mol. The van der Waals surface area contributed by atoms with Crippen molar-refractivity contribution in [2.45, 2.75) is 84.0 Å². The van der Waals surface area contributed by atoms with E-state index in [0.717, 1.165) is 28.7 Å². The van der Waals surface area contributed by atoms with Crippen LogP contribution in [0.15, 0.2) is 48.5 Å². The summed E-state index contributed by atoms with van der Waals surface area (Å²) in [5.41, 5.74) is 2.89. The van der Waals surface area contributed by atoms with Crippen molar-refractivity contribution in [1.29, 1.82) is 0 Å². The molecule has 10 nitrogen and oxygen atoms in total. The molecule has 0 unspecified atom stereocenters. The average Bonchev–Trinajstić information content (AvgIpc) is 3.28. The van der Waals surface area contributed by atoms with Gasteiger partial charge in [0.2, 0.25) is 5.91 Å². The minimum Gasteiger partial charge on any atom is -0.481 e. The van der Waals surface area contributed by atoms with Crippen molar-refractivity contribution in [3.05, 3.63) is 59.7 Å². The number of amides is 3. The highest BCUT2D eigenvalue weighted by atomic mass is 16.5. The molecule has 3 N–H and O–H groups in total. The maximum Gasteiger partial charge on any atom is 0.408 e. The lowest BCUT2D eigenvalue weighted by molar-refractivity contribution is -0.143.